The van der Waals surface area contributed by atoms with Gasteiger partial charge in [-0.2, -0.15) is 0 Å². The standard InChI is InChI=1S/C23H32Br2N4O3S2/c24-19-11-15(5-7-26-28-9-1-3-17(28)13-30)22(33-19)21(32)23-16(12-20(25)34-23)6-8-27-29-10-2-4-18(29)14-31/h11-12,17-18,26-27,30-31H,1-10,13-14H2. The molecule has 11 heteroatoms. The molecule has 2 aliphatic rings. The van der Waals surface area contributed by atoms with Gasteiger partial charge in [0.25, 0.3) is 0 Å². The van der Waals surface area contributed by atoms with Crippen molar-refractivity contribution in [2.45, 2.75) is 50.6 Å². The third-order valence-corrected chi connectivity index (χ3v) is 9.92. The number of nitrogens with one attached hydrogen (secondary N) is 2. The number of hydrogen-bond acceptors (Lipinski definition) is 9. The van der Waals surface area contributed by atoms with Crippen molar-refractivity contribution < 1.29 is 15.0 Å². The molecule has 7 nitrogen and oxygen atoms in total. The van der Waals surface area contributed by atoms with Gasteiger partial charge < -0.3 is 10.2 Å². The van der Waals surface area contributed by atoms with Gasteiger partial charge in [-0.05, 0) is 93.6 Å². The molecular formula is C23H32Br2N4O3S2. The Kier molecular flexibility index (Phi) is 10.1. The number of hydrazine groups is 2. The Morgan fingerprint density at radius 1 is 0.882 bits per heavy atom. The maximum absolute atomic E-state index is 13.6. The second kappa shape index (κ2) is 12.8. The van der Waals surface area contributed by atoms with Crippen LogP contribution in [0.3, 0.4) is 0 Å². The highest BCUT2D eigenvalue weighted by Crippen LogP contribution is 2.35. The third kappa shape index (κ3) is 6.56. The third-order valence-electron chi connectivity index (χ3n) is 6.56. The summed E-state index contributed by atoms with van der Waals surface area (Å²) in [4.78, 5) is 15.2. The molecule has 2 saturated heterocycles. The smallest absolute Gasteiger partial charge is 0.213 e. The Balaban J connectivity index is 1.39. The van der Waals surface area contributed by atoms with Crippen molar-refractivity contribution in [3.05, 3.63) is 40.6 Å². The summed E-state index contributed by atoms with van der Waals surface area (Å²) in [5.41, 5.74) is 8.97. The maximum Gasteiger partial charge on any atom is 0.213 e. The Hall–Kier alpha value is -0.210. The van der Waals surface area contributed by atoms with Gasteiger partial charge in [0.05, 0.1) is 30.5 Å². The van der Waals surface area contributed by atoms with Gasteiger partial charge >= 0.3 is 0 Å². The summed E-state index contributed by atoms with van der Waals surface area (Å²) >= 11 is 10.2. The number of nitrogens with zero attached hydrogens (tertiary/aromatic N) is 2. The summed E-state index contributed by atoms with van der Waals surface area (Å²) in [7, 11) is 0. The summed E-state index contributed by atoms with van der Waals surface area (Å²) in [5.74, 6) is 0.0835. The molecule has 2 aliphatic heterocycles. The van der Waals surface area contributed by atoms with Gasteiger partial charge in [0.15, 0.2) is 0 Å². The Morgan fingerprint density at radius 2 is 1.32 bits per heavy atom. The number of ketones is 1. The molecule has 2 fully saturated rings. The van der Waals surface area contributed by atoms with Gasteiger partial charge in [-0.15, -0.1) is 22.7 Å². The van der Waals surface area contributed by atoms with Crippen LogP contribution in [0, 0.1) is 0 Å². The minimum Gasteiger partial charge on any atom is -0.395 e. The minimum absolute atomic E-state index is 0.0835. The molecule has 0 aromatic carbocycles. The zero-order chi connectivity index (χ0) is 24.1. The average molecular weight is 636 g/mol. The molecular weight excluding hydrogens is 604 g/mol. The number of hydrogen-bond donors (Lipinski definition) is 4. The molecule has 0 bridgehead atoms. The Morgan fingerprint density at radius 3 is 1.74 bits per heavy atom. The molecule has 0 radical (unpaired) electrons. The van der Waals surface area contributed by atoms with E-state index in [0.717, 1.165) is 93.2 Å². The van der Waals surface area contributed by atoms with E-state index in [0.29, 0.717) is 0 Å². The summed E-state index contributed by atoms with van der Waals surface area (Å²) in [5, 5.41) is 23.3. The lowest BCUT2D eigenvalue weighted by Crippen LogP contribution is -2.44. The fourth-order valence-electron chi connectivity index (χ4n) is 4.78. The van der Waals surface area contributed by atoms with Crippen LogP contribution in [0.4, 0.5) is 0 Å². The van der Waals surface area contributed by atoms with Crippen molar-refractivity contribution in [3.8, 4) is 0 Å². The van der Waals surface area contributed by atoms with Crippen molar-refractivity contribution in [3.63, 3.8) is 0 Å². The molecule has 34 heavy (non-hydrogen) atoms. The second-order valence-electron chi connectivity index (χ2n) is 8.80. The zero-order valence-corrected chi connectivity index (χ0v) is 23.9. The van der Waals surface area contributed by atoms with E-state index in [1.54, 1.807) is 0 Å². The van der Waals surface area contributed by atoms with E-state index in [9.17, 15) is 15.0 Å². The van der Waals surface area contributed by atoms with E-state index in [4.69, 9.17) is 0 Å². The SMILES string of the molecule is O=C(c1sc(Br)cc1CCNN1CCCC1CO)c1sc(Br)cc1CCNN1CCCC1CO. The normalized spacial score (nSPS) is 21.6. The number of rotatable bonds is 12. The first kappa shape index (κ1) is 26.8. The van der Waals surface area contributed by atoms with E-state index in [2.05, 4.69) is 64.9 Å². The van der Waals surface area contributed by atoms with E-state index in [1.165, 1.54) is 22.7 Å². The zero-order valence-electron chi connectivity index (χ0n) is 19.1. The van der Waals surface area contributed by atoms with Crippen molar-refractivity contribution in [2.75, 3.05) is 39.4 Å². The van der Waals surface area contributed by atoms with E-state index < -0.39 is 0 Å². The lowest BCUT2D eigenvalue weighted by Gasteiger charge is -2.23. The van der Waals surface area contributed by atoms with Crippen molar-refractivity contribution >= 4 is 60.3 Å². The van der Waals surface area contributed by atoms with Crippen molar-refractivity contribution in [1.82, 2.24) is 20.9 Å². The number of carbonyl (C=O) groups is 1. The quantitative estimate of drug-likeness (QED) is 0.265. The molecule has 2 aromatic rings. The molecule has 0 saturated carbocycles. The van der Waals surface area contributed by atoms with Crippen LogP contribution in [0.5, 0.6) is 0 Å². The predicted octanol–water partition coefficient (Wildman–Crippen LogP) is 3.57. The van der Waals surface area contributed by atoms with Crippen LogP contribution >= 0.6 is 54.5 Å². The molecule has 0 aliphatic carbocycles. The molecule has 2 atom stereocenters. The van der Waals surface area contributed by atoms with Gasteiger partial charge in [0.1, 0.15) is 0 Å². The summed E-state index contributed by atoms with van der Waals surface area (Å²) in [6.07, 6.45) is 5.71. The van der Waals surface area contributed by atoms with Crippen LogP contribution in [0.2, 0.25) is 0 Å². The van der Waals surface area contributed by atoms with Crippen LogP contribution in [0.25, 0.3) is 0 Å². The molecule has 0 spiro atoms. The number of carbonyl (C=O) groups excluding carboxylic acids is 1. The second-order valence-corrected chi connectivity index (χ2v) is 13.7. The fraction of sp³-hybridized carbons (Fsp3) is 0.609. The van der Waals surface area contributed by atoms with Gasteiger partial charge in [-0.3, -0.25) is 15.6 Å². The number of aliphatic hydroxyl groups is 2. The van der Waals surface area contributed by atoms with E-state index in [1.807, 2.05) is 0 Å². The number of halogens is 2. The van der Waals surface area contributed by atoms with Crippen LogP contribution < -0.4 is 10.9 Å². The van der Waals surface area contributed by atoms with E-state index in [-0.39, 0.29) is 31.1 Å². The Bertz CT molecular complexity index is 896. The molecule has 0 amide bonds. The number of thiophene rings is 2. The highest BCUT2D eigenvalue weighted by atomic mass is 79.9. The fourth-order valence-corrected chi connectivity index (χ4v) is 8.14. The molecule has 4 N–H and O–H groups in total. The largest absolute Gasteiger partial charge is 0.395 e. The summed E-state index contributed by atoms with van der Waals surface area (Å²) in [6, 6.07) is 4.48. The summed E-state index contributed by atoms with van der Waals surface area (Å²) < 4.78 is 1.92. The maximum atomic E-state index is 13.6. The topological polar surface area (TPSA) is 88.1 Å². The van der Waals surface area contributed by atoms with Gasteiger partial charge in [-0.1, -0.05) is 0 Å². The molecule has 4 rings (SSSR count). The molecule has 2 unspecified atom stereocenters. The first-order valence-electron chi connectivity index (χ1n) is 11.8. The van der Waals surface area contributed by atoms with Crippen LogP contribution in [0.1, 0.15) is 51.4 Å². The van der Waals surface area contributed by atoms with Crippen molar-refractivity contribution in [1.29, 1.82) is 0 Å². The van der Waals surface area contributed by atoms with Crippen LogP contribution in [-0.2, 0) is 12.8 Å². The predicted molar refractivity (Wildman–Crippen MR) is 145 cm³/mol. The highest BCUT2D eigenvalue weighted by Gasteiger charge is 2.26. The van der Waals surface area contributed by atoms with Crippen LogP contribution in [-0.4, -0.2) is 77.5 Å². The van der Waals surface area contributed by atoms with Crippen LogP contribution in [0.15, 0.2) is 19.7 Å². The minimum atomic E-state index is 0.0835. The lowest BCUT2D eigenvalue weighted by atomic mass is 10.1. The first-order chi connectivity index (χ1) is 16.5. The summed E-state index contributed by atoms with van der Waals surface area (Å²) in [6.45, 7) is 3.69. The van der Waals surface area contributed by atoms with E-state index >= 15 is 0 Å². The molecule has 2 aromatic heterocycles. The Labute approximate surface area is 225 Å². The van der Waals surface area contributed by atoms with Gasteiger partial charge in [0.2, 0.25) is 5.78 Å². The monoisotopic (exact) mass is 634 g/mol. The van der Waals surface area contributed by atoms with Gasteiger partial charge in [-0.25, -0.2) is 10.0 Å². The first-order valence-corrected chi connectivity index (χ1v) is 15.0. The molecule has 4 heterocycles. The number of aliphatic hydroxyl groups excluding tert-OH is 2. The van der Waals surface area contributed by atoms with Gasteiger partial charge in [0, 0.05) is 38.3 Å². The van der Waals surface area contributed by atoms with Crippen molar-refractivity contribution in [2.24, 2.45) is 0 Å². The lowest BCUT2D eigenvalue weighted by molar-refractivity contribution is 0.104. The average Bonchev–Trinajstić information content (AvgIpc) is 3.60. The molecule has 188 valence electrons. The highest BCUT2D eigenvalue weighted by molar-refractivity contribution is 9.11.